The second kappa shape index (κ2) is 5.43. The molecule has 3 saturated heterocycles. The van der Waals surface area contributed by atoms with E-state index in [0.717, 1.165) is 0 Å². The summed E-state index contributed by atoms with van der Waals surface area (Å²) in [6.07, 6.45) is 0.111. The predicted molar refractivity (Wildman–Crippen MR) is 89.1 cm³/mol. The molecule has 1 aliphatic carbocycles. The fourth-order valence-corrected chi connectivity index (χ4v) is 5.12. The minimum Gasteiger partial charge on any atom is -0.459 e. The molecule has 2 N–H and O–H groups in total. The van der Waals surface area contributed by atoms with E-state index in [0.29, 0.717) is 6.42 Å². The fraction of sp³-hybridized carbons (Fsp3) is 0.706. The Morgan fingerprint density at radius 1 is 1.00 bits per heavy atom. The number of carbonyl (C=O) groups is 5. The molecule has 4 atom stereocenters. The lowest BCUT2D eigenvalue weighted by Crippen LogP contribution is -2.90. The Morgan fingerprint density at radius 3 is 1.85 bits per heavy atom. The van der Waals surface area contributed by atoms with Crippen molar-refractivity contribution in [2.75, 3.05) is 13.1 Å². The van der Waals surface area contributed by atoms with Gasteiger partial charge in [-0.25, -0.2) is 9.59 Å². The maximum atomic E-state index is 12.7. The molecule has 0 aromatic heterocycles. The summed E-state index contributed by atoms with van der Waals surface area (Å²) in [5.41, 5.74) is -2.37. The Labute approximate surface area is 155 Å². The van der Waals surface area contributed by atoms with Crippen molar-refractivity contribution in [1.29, 1.82) is 0 Å². The Balaban J connectivity index is 1.76. The van der Waals surface area contributed by atoms with E-state index in [2.05, 4.69) is 10.6 Å². The molecule has 3 aliphatic heterocycles. The van der Waals surface area contributed by atoms with Gasteiger partial charge in [-0.15, -0.1) is 0 Å². The summed E-state index contributed by atoms with van der Waals surface area (Å²) in [7, 11) is 0. The average Bonchev–Trinajstić information content (AvgIpc) is 2.76. The Kier molecular flexibility index (Phi) is 3.57. The highest BCUT2D eigenvalue weighted by Crippen LogP contribution is 2.63. The van der Waals surface area contributed by atoms with Crippen LogP contribution in [0.25, 0.3) is 0 Å². The summed E-state index contributed by atoms with van der Waals surface area (Å²) in [4.78, 5) is 65.2. The lowest BCUT2D eigenvalue weighted by Gasteiger charge is -2.70. The predicted octanol–water partition coefficient (Wildman–Crippen LogP) is -0.421. The minimum absolute atomic E-state index is 0.0549. The van der Waals surface area contributed by atoms with Crippen molar-refractivity contribution in [3.63, 3.8) is 0 Å². The zero-order valence-corrected chi connectivity index (χ0v) is 15.4. The fourth-order valence-electron chi connectivity index (χ4n) is 5.12. The summed E-state index contributed by atoms with van der Waals surface area (Å²) in [5, 5.41) is 4.64. The first kappa shape index (κ1) is 17.7. The number of esters is 1. The number of ether oxygens (including phenoxy) is 1. The molecule has 0 bridgehead atoms. The van der Waals surface area contributed by atoms with E-state index in [-0.39, 0.29) is 19.5 Å². The first-order valence-corrected chi connectivity index (χ1v) is 9.09. The van der Waals surface area contributed by atoms with Crippen LogP contribution >= 0.6 is 0 Å². The topological polar surface area (TPSA) is 125 Å². The number of nitrogens with zero attached hydrogens (tertiary/aromatic N) is 2. The smallest absolute Gasteiger partial charge is 0.324 e. The lowest BCUT2D eigenvalue weighted by atomic mass is 9.42. The molecule has 0 radical (unpaired) electrons. The standard InChI is InChI=1S/C17H22N4O6/c1-4-5-9(22)27-8-6-20-10-11-17(3,13(24)19-15(26)21(11)7-8)16(10,2)12(23)18-14(20)25/h8,10-11H,4-7H2,1-3H3,(H,18,23,25)(H,19,24,26). The number of hydrogen-bond donors (Lipinski definition) is 2. The zero-order valence-electron chi connectivity index (χ0n) is 15.4. The van der Waals surface area contributed by atoms with Crippen LogP contribution in [-0.2, 0) is 19.1 Å². The maximum Gasteiger partial charge on any atom is 0.324 e. The number of fused-ring (bicyclic) bond motifs is 1. The molecule has 4 rings (SSSR count). The average molecular weight is 378 g/mol. The summed E-state index contributed by atoms with van der Waals surface area (Å²) >= 11 is 0. The van der Waals surface area contributed by atoms with Crippen LogP contribution < -0.4 is 10.6 Å². The minimum atomic E-state index is -1.18. The number of rotatable bonds is 3. The Bertz CT molecular complexity index is 729. The van der Waals surface area contributed by atoms with Crippen molar-refractivity contribution in [3.05, 3.63) is 0 Å². The number of amides is 6. The highest BCUT2D eigenvalue weighted by Gasteiger charge is 2.81. The van der Waals surface area contributed by atoms with Gasteiger partial charge >= 0.3 is 18.0 Å². The molecule has 0 spiro atoms. The number of carbonyl (C=O) groups excluding carboxylic acids is 5. The summed E-state index contributed by atoms with van der Waals surface area (Å²) < 4.78 is 5.48. The molecular formula is C17H22N4O6. The zero-order chi connectivity index (χ0) is 19.7. The molecular weight excluding hydrogens is 356 g/mol. The molecule has 10 nitrogen and oxygen atoms in total. The SMILES string of the molecule is CCCC(=O)OC1CN2C(=O)NC(=O)C3(C)C2C2N(C1)C(=O)NC(=O)C23C. The third-order valence-corrected chi connectivity index (χ3v) is 6.69. The van der Waals surface area contributed by atoms with Crippen LogP contribution in [0.1, 0.15) is 33.6 Å². The van der Waals surface area contributed by atoms with Gasteiger partial charge in [-0.05, 0) is 20.3 Å². The van der Waals surface area contributed by atoms with Gasteiger partial charge in [0.1, 0.15) is 6.10 Å². The summed E-state index contributed by atoms with van der Waals surface area (Å²) in [6.45, 7) is 5.23. The molecule has 10 heteroatoms. The van der Waals surface area contributed by atoms with Crippen LogP contribution in [0.4, 0.5) is 9.59 Å². The lowest BCUT2D eigenvalue weighted by molar-refractivity contribution is -0.209. The van der Waals surface area contributed by atoms with E-state index < -0.39 is 58.9 Å². The Hall–Kier alpha value is -2.65. The van der Waals surface area contributed by atoms with E-state index in [1.807, 2.05) is 6.92 Å². The number of hydrogen-bond acceptors (Lipinski definition) is 6. The van der Waals surface area contributed by atoms with E-state index in [9.17, 15) is 24.0 Å². The van der Waals surface area contributed by atoms with Crippen LogP contribution in [0, 0.1) is 10.8 Å². The van der Waals surface area contributed by atoms with Crippen LogP contribution in [0.3, 0.4) is 0 Å². The van der Waals surface area contributed by atoms with Gasteiger partial charge < -0.3 is 14.5 Å². The highest BCUT2D eigenvalue weighted by molar-refractivity contribution is 6.11. The van der Waals surface area contributed by atoms with E-state index in [4.69, 9.17) is 4.74 Å². The second-order valence-electron chi connectivity index (χ2n) is 7.98. The van der Waals surface area contributed by atoms with E-state index >= 15 is 0 Å². The van der Waals surface area contributed by atoms with Crippen molar-refractivity contribution < 1.29 is 28.7 Å². The maximum absolute atomic E-state index is 12.7. The largest absolute Gasteiger partial charge is 0.459 e. The summed E-state index contributed by atoms with van der Waals surface area (Å²) in [6, 6.07) is -2.48. The van der Waals surface area contributed by atoms with Gasteiger partial charge in [-0.1, -0.05) is 6.92 Å². The summed E-state index contributed by atoms with van der Waals surface area (Å²) in [5.74, 6) is -1.47. The van der Waals surface area contributed by atoms with Gasteiger partial charge in [0.05, 0.1) is 36.0 Å². The molecule has 0 aromatic rings. The first-order chi connectivity index (χ1) is 12.7. The quantitative estimate of drug-likeness (QED) is 0.643. The Morgan fingerprint density at radius 2 is 1.44 bits per heavy atom. The molecule has 4 aliphatic rings. The van der Waals surface area contributed by atoms with Gasteiger partial charge in [-0.2, -0.15) is 0 Å². The molecule has 146 valence electrons. The molecule has 4 fully saturated rings. The monoisotopic (exact) mass is 378 g/mol. The third-order valence-electron chi connectivity index (χ3n) is 6.69. The van der Waals surface area contributed by atoms with Crippen LogP contribution in [0.15, 0.2) is 0 Å². The van der Waals surface area contributed by atoms with Gasteiger partial charge in [0, 0.05) is 6.42 Å². The van der Waals surface area contributed by atoms with Crippen LogP contribution in [-0.4, -0.2) is 70.9 Å². The van der Waals surface area contributed by atoms with Crippen LogP contribution in [0.2, 0.25) is 0 Å². The van der Waals surface area contributed by atoms with E-state index in [1.165, 1.54) is 9.80 Å². The normalized spacial score (nSPS) is 39.7. The van der Waals surface area contributed by atoms with Gasteiger partial charge in [0.2, 0.25) is 11.8 Å². The number of imide groups is 2. The van der Waals surface area contributed by atoms with Gasteiger partial charge in [-0.3, -0.25) is 25.0 Å². The molecule has 6 amide bonds. The molecule has 3 heterocycles. The third kappa shape index (κ3) is 1.98. The molecule has 0 aromatic carbocycles. The highest BCUT2D eigenvalue weighted by atomic mass is 16.5. The van der Waals surface area contributed by atoms with Crippen molar-refractivity contribution >= 4 is 29.8 Å². The van der Waals surface area contributed by atoms with E-state index in [1.54, 1.807) is 13.8 Å². The number of nitrogens with one attached hydrogen (secondary N) is 2. The molecule has 4 unspecified atom stereocenters. The van der Waals surface area contributed by atoms with Crippen molar-refractivity contribution in [2.45, 2.75) is 51.8 Å². The van der Waals surface area contributed by atoms with Crippen molar-refractivity contribution in [2.24, 2.45) is 10.8 Å². The van der Waals surface area contributed by atoms with Gasteiger partial charge in [0.15, 0.2) is 0 Å². The second-order valence-corrected chi connectivity index (χ2v) is 7.98. The molecule has 1 saturated carbocycles. The molecule has 27 heavy (non-hydrogen) atoms. The first-order valence-electron chi connectivity index (χ1n) is 9.09. The van der Waals surface area contributed by atoms with Crippen molar-refractivity contribution in [3.8, 4) is 0 Å². The van der Waals surface area contributed by atoms with Gasteiger partial charge in [0.25, 0.3) is 0 Å². The number of urea groups is 2. The van der Waals surface area contributed by atoms with Crippen LogP contribution in [0.5, 0.6) is 0 Å². The van der Waals surface area contributed by atoms with Crippen molar-refractivity contribution in [1.82, 2.24) is 20.4 Å².